The lowest BCUT2D eigenvalue weighted by molar-refractivity contribution is 0.0454. The molecule has 45 heavy (non-hydrogen) atoms. The molecule has 6 aromatic rings. The third kappa shape index (κ3) is 5.29. The van der Waals surface area contributed by atoms with Gasteiger partial charge in [-0.05, 0) is 68.7 Å². The van der Waals surface area contributed by atoms with E-state index in [4.69, 9.17) is 24.5 Å². The van der Waals surface area contributed by atoms with E-state index in [1.807, 2.05) is 42.0 Å². The summed E-state index contributed by atoms with van der Waals surface area (Å²) in [6.45, 7) is 4.14. The summed E-state index contributed by atoms with van der Waals surface area (Å²) in [6, 6.07) is 15.3. The van der Waals surface area contributed by atoms with Gasteiger partial charge in [-0.1, -0.05) is 23.4 Å². The standard InChI is InChI=1S/C31H26F2N6O4S2/c1-17-29(18(2)43-37-17)20-7-12-27-25(14-20)35-30(28-4-3-13-42-39(28)21-8-11-23(32)24(33)15-21)38(27)31-36-26(16-44-31)19-5-9-22(10-6-19)45(34,40)41/h5-12,14-16,28H,3-4,13H2,1-2H3,(H2,34,40,41)/t28-/m0/s1. The molecule has 2 N–H and O–H groups in total. The lowest BCUT2D eigenvalue weighted by atomic mass is 10.0. The van der Waals surface area contributed by atoms with Gasteiger partial charge in [0.15, 0.2) is 16.8 Å². The highest BCUT2D eigenvalue weighted by Crippen LogP contribution is 2.39. The lowest BCUT2D eigenvalue weighted by Crippen LogP contribution is -2.35. The molecule has 0 saturated carbocycles. The van der Waals surface area contributed by atoms with Crippen LogP contribution in [0.3, 0.4) is 0 Å². The van der Waals surface area contributed by atoms with Gasteiger partial charge in [0.2, 0.25) is 10.0 Å². The molecule has 1 saturated heterocycles. The Labute approximate surface area is 260 Å². The highest BCUT2D eigenvalue weighted by molar-refractivity contribution is 7.89. The van der Waals surface area contributed by atoms with Gasteiger partial charge in [0.05, 0.1) is 39.6 Å². The number of nitrogens with zero attached hydrogens (tertiary/aromatic N) is 5. The first-order valence-electron chi connectivity index (χ1n) is 14.0. The van der Waals surface area contributed by atoms with Crippen LogP contribution in [0.4, 0.5) is 14.5 Å². The summed E-state index contributed by atoms with van der Waals surface area (Å²) in [7, 11) is -3.83. The summed E-state index contributed by atoms with van der Waals surface area (Å²) in [4.78, 5) is 16.0. The normalized spacial score (nSPS) is 15.7. The van der Waals surface area contributed by atoms with Crippen molar-refractivity contribution in [2.75, 3.05) is 11.7 Å². The van der Waals surface area contributed by atoms with E-state index in [1.165, 1.54) is 29.5 Å². The molecule has 7 rings (SSSR count). The van der Waals surface area contributed by atoms with E-state index < -0.39 is 27.7 Å². The highest BCUT2D eigenvalue weighted by atomic mass is 32.2. The fourth-order valence-electron chi connectivity index (χ4n) is 5.65. The zero-order chi connectivity index (χ0) is 31.5. The van der Waals surface area contributed by atoms with Crippen LogP contribution in [0, 0.1) is 25.5 Å². The van der Waals surface area contributed by atoms with Crippen molar-refractivity contribution in [1.29, 1.82) is 0 Å². The number of halogens is 2. The number of imidazole rings is 1. The Morgan fingerprint density at radius 3 is 2.47 bits per heavy atom. The number of rotatable bonds is 6. The van der Waals surface area contributed by atoms with E-state index in [0.717, 1.165) is 40.9 Å². The van der Waals surface area contributed by atoms with E-state index >= 15 is 0 Å². The summed E-state index contributed by atoms with van der Waals surface area (Å²) in [5, 5.41) is 13.4. The van der Waals surface area contributed by atoms with Crippen molar-refractivity contribution in [3.8, 4) is 27.5 Å². The van der Waals surface area contributed by atoms with Gasteiger partial charge in [-0.25, -0.2) is 37.4 Å². The van der Waals surface area contributed by atoms with Gasteiger partial charge in [-0.15, -0.1) is 11.3 Å². The van der Waals surface area contributed by atoms with Crippen LogP contribution < -0.4 is 10.2 Å². The Balaban J connectivity index is 1.38. The third-order valence-electron chi connectivity index (χ3n) is 7.76. The van der Waals surface area contributed by atoms with Crippen LogP contribution in [-0.4, -0.2) is 34.7 Å². The lowest BCUT2D eigenvalue weighted by Gasteiger charge is -2.35. The molecule has 0 aliphatic carbocycles. The first kappa shape index (κ1) is 29.2. The van der Waals surface area contributed by atoms with Gasteiger partial charge in [0.1, 0.15) is 17.6 Å². The molecular weight excluding hydrogens is 623 g/mol. The first-order valence-corrected chi connectivity index (χ1v) is 16.4. The molecular formula is C31H26F2N6O4S2. The Kier molecular flexibility index (Phi) is 7.23. The third-order valence-corrected chi connectivity index (χ3v) is 9.51. The van der Waals surface area contributed by atoms with Crippen LogP contribution in [0.15, 0.2) is 75.5 Å². The molecule has 3 aromatic heterocycles. The zero-order valence-electron chi connectivity index (χ0n) is 24.1. The van der Waals surface area contributed by atoms with E-state index in [-0.39, 0.29) is 4.90 Å². The van der Waals surface area contributed by atoms with Gasteiger partial charge in [0.25, 0.3) is 0 Å². The Hall–Kier alpha value is -4.50. The van der Waals surface area contributed by atoms with Gasteiger partial charge in [-0.2, -0.15) is 0 Å². The molecule has 0 radical (unpaired) electrons. The largest absolute Gasteiger partial charge is 0.361 e. The number of nitrogens with two attached hydrogens (primary N) is 1. The maximum absolute atomic E-state index is 14.3. The molecule has 3 aromatic carbocycles. The van der Waals surface area contributed by atoms with Crippen molar-refractivity contribution in [3.05, 3.63) is 95.0 Å². The summed E-state index contributed by atoms with van der Waals surface area (Å²) < 4.78 is 59.0. The minimum atomic E-state index is -3.83. The minimum Gasteiger partial charge on any atom is -0.361 e. The molecule has 4 heterocycles. The number of anilines is 1. The van der Waals surface area contributed by atoms with Crippen LogP contribution in [0.1, 0.15) is 36.2 Å². The summed E-state index contributed by atoms with van der Waals surface area (Å²) >= 11 is 1.39. The van der Waals surface area contributed by atoms with Crippen molar-refractivity contribution >= 4 is 38.1 Å². The highest BCUT2D eigenvalue weighted by Gasteiger charge is 2.32. The molecule has 0 amide bonds. The van der Waals surface area contributed by atoms with E-state index in [2.05, 4.69) is 5.16 Å². The monoisotopic (exact) mass is 648 g/mol. The Morgan fingerprint density at radius 2 is 1.76 bits per heavy atom. The predicted octanol–water partition coefficient (Wildman–Crippen LogP) is 6.62. The van der Waals surface area contributed by atoms with Crippen LogP contribution in [0.25, 0.3) is 38.5 Å². The molecule has 0 bridgehead atoms. The maximum Gasteiger partial charge on any atom is 0.238 e. The van der Waals surface area contributed by atoms with Crippen molar-refractivity contribution < 1.29 is 26.6 Å². The molecule has 1 fully saturated rings. The molecule has 0 spiro atoms. The van der Waals surface area contributed by atoms with E-state index in [1.54, 1.807) is 17.2 Å². The predicted molar refractivity (Wildman–Crippen MR) is 165 cm³/mol. The van der Waals surface area contributed by atoms with Gasteiger partial charge < -0.3 is 4.52 Å². The van der Waals surface area contributed by atoms with Crippen LogP contribution in [0.2, 0.25) is 0 Å². The topological polar surface area (TPSA) is 129 Å². The number of sulfonamides is 1. The number of aromatic nitrogens is 4. The summed E-state index contributed by atoms with van der Waals surface area (Å²) in [5.41, 5.74) is 5.71. The van der Waals surface area contributed by atoms with Gasteiger partial charge >= 0.3 is 0 Å². The Morgan fingerprint density at radius 1 is 0.978 bits per heavy atom. The fraction of sp³-hybridized carbons (Fsp3) is 0.194. The summed E-state index contributed by atoms with van der Waals surface area (Å²) in [5.74, 6) is -0.625. The second kappa shape index (κ2) is 11.1. The van der Waals surface area contributed by atoms with Gasteiger partial charge in [0, 0.05) is 22.6 Å². The molecule has 230 valence electrons. The molecule has 1 atom stereocenters. The van der Waals surface area contributed by atoms with Crippen molar-refractivity contribution in [2.24, 2.45) is 5.14 Å². The number of aryl methyl sites for hydroxylation is 2. The number of fused-ring (bicyclic) bond motifs is 1. The molecule has 0 unspecified atom stereocenters. The number of primary sulfonamides is 1. The van der Waals surface area contributed by atoms with Crippen LogP contribution in [0.5, 0.6) is 0 Å². The number of benzene rings is 3. The van der Waals surface area contributed by atoms with E-state index in [9.17, 15) is 17.2 Å². The quantitative estimate of drug-likeness (QED) is 0.213. The number of thiazole rings is 1. The second-order valence-electron chi connectivity index (χ2n) is 10.7. The fourth-order valence-corrected chi connectivity index (χ4v) is 7.02. The van der Waals surface area contributed by atoms with E-state index in [0.29, 0.717) is 52.2 Å². The van der Waals surface area contributed by atoms with Crippen LogP contribution >= 0.6 is 11.3 Å². The smallest absolute Gasteiger partial charge is 0.238 e. The number of hydrogen-bond donors (Lipinski definition) is 1. The van der Waals surface area contributed by atoms with Crippen molar-refractivity contribution in [2.45, 2.75) is 37.6 Å². The van der Waals surface area contributed by atoms with Crippen LogP contribution in [-0.2, 0) is 14.9 Å². The number of hydrogen-bond acceptors (Lipinski definition) is 9. The second-order valence-corrected chi connectivity index (χ2v) is 13.1. The first-order chi connectivity index (χ1) is 21.6. The van der Waals surface area contributed by atoms with Gasteiger partial charge in [-0.3, -0.25) is 9.40 Å². The molecule has 14 heteroatoms. The zero-order valence-corrected chi connectivity index (χ0v) is 25.7. The number of hydroxylamine groups is 1. The molecule has 1 aliphatic heterocycles. The van der Waals surface area contributed by atoms with Crippen molar-refractivity contribution in [3.63, 3.8) is 0 Å². The van der Waals surface area contributed by atoms with Crippen molar-refractivity contribution in [1.82, 2.24) is 19.7 Å². The molecule has 10 nitrogen and oxygen atoms in total. The Bertz CT molecular complexity index is 2160. The maximum atomic E-state index is 14.3. The minimum absolute atomic E-state index is 0.00770. The SMILES string of the molecule is Cc1noc(C)c1-c1ccc2c(c1)nc([C@@H]1CCCON1c1ccc(F)c(F)c1)n2-c1nc(-c2ccc(S(N)(=O)=O)cc2)cs1. The molecule has 1 aliphatic rings. The summed E-state index contributed by atoms with van der Waals surface area (Å²) in [6.07, 6.45) is 1.35. The average Bonchev–Trinajstić information content (AvgIpc) is 3.74. The average molecular weight is 649 g/mol.